The lowest BCUT2D eigenvalue weighted by atomic mass is 9.75. The molecular weight excluding hydrogens is 380 g/mol. The van der Waals surface area contributed by atoms with E-state index in [0.29, 0.717) is 18.4 Å². The zero-order valence-electron chi connectivity index (χ0n) is 20.1. The molecular formula is C29H42O2. The molecule has 31 heavy (non-hydrogen) atoms. The number of ether oxygens (including phenoxy) is 1. The number of aliphatic hydroxyl groups excluding tert-OH is 1. The number of aliphatic hydroxyl groups is 1. The molecule has 1 aliphatic rings. The van der Waals surface area contributed by atoms with E-state index < -0.39 is 0 Å². The fraction of sp³-hybridized carbons (Fsp3) is 0.586. The Morgan fingerprint density at radius 1 is 0.968 bits per heavy atom. The monoisotopic (exact) mass is 422 g/mol. The largest absolute Gasteiger partial charge is 0.489 e. The van der Waals surface area contributed by atoms with E-state index in [1.54, 1.807) is 0 Å². The lowest BCUT2D eigenvalue weighted by Gasteiger charge is -2.33. The minimum absolute atomic E-state index is 0.135. The molecule has 1 aliphatic carbocycles. The SMILES string of the molecule is CCCCCCC(C)(C)c1ccc([C@@H]2C[C@@H](C)C[C@@H](O)C2)c(OCc2ccccc2)c1. The topological polar surface area (TPSA) is 29.5 Å². The first-order chi connectivity index (χ1) is 14.9. The van der Waals surface area contributed by atoms with Crippen LogP contribution in [0.3, 0.4) is 0 Å². The molecule has 0 amide bonds. The highest BCUT2D eigenvalue weighted by molar-refractivity contribution is 5.43. The van der Waals surface area contributed by atoms with Gasteiger partial charge in [0.25, 0.3) is 0 Å². The van der Waals surface area contributed by atoms with Crippen molar-refractivity contribution in [1.82, 2.24) is 0 Å². The Labute approximate surface area is 190 Å². The number of hydrogen-bond acceptors (Lipinski definition) is 2. The van der Waals surface area contributed by atoms with Crippen LogP contribution in [0.1, 0.15) is 102 Å². The molecule has 3 rings (SSSR count). The minimum Gasteiger partial charge on any atom is -0.489 e. The van der Waals surface area contributed by atoms with Crippen molar-refractivity contribution in [3.05, 3.63) is 65.2 Å². The van der Waals surface area contributed by atoms with Gasteiger partial charge in [0.1, 0.15) is 12.4 Å². The average molecular weight is 423 g/mol. The van der Waals surface area contributed by atoms with Gasteiger partial charge in [-0.3, -0.25) is 0 Å². The molecule has 170 valence electrons. The first kappa shape index (κ1) is 23.9. The van der Waals surface area contributed by atoms with Crippen LogP contribution >= 0.6 is 0 Å². The summed E-state index contributed by atoms with van der Waals surface area (Å²) < 4.78 is 6.44. The fourth-order valence-electron chi connectivity index (χ4n) is 5.11. The van der Waals surface area contributed by atoms with E-state index in [9.17, 15) is 5.11 Å². The average Bonchev–Trinajstić information content (AvgIpc) is 2.75. The van der Waals surface area contributed by atoms with Crippen molar-refractivity contribution in [3.63, 3.8) is 0 Å². The summed E-state index contributed by atoms with van der Waals surface area (Å²) in [5, 5.41) is 10.4. The number of benzene rings is 2. The van der Waals surface area contributed by atoms with E-state index in [2.05, 4.69) is 70.2 Å². The van der Waals surface area contributed by atoms with Crippen LogP contribution in [-0.2, 0) is 12.0 Å². The zero-order valence-corrected chi connectivity index (χ0v) is 20.1. The molecule has 3 atom stereocenters. The second-order valence-electron chi connectivity index (χ2n) is 10.4. The van der Waals surface area contributed by atoms with Crippen molar-refractivity contribution in [2.24, 2.45) is 5.92 Å². The van der Waals surface area contributed by atoms with Gasteiger partial charge in [-0.1, -0.05) is 95.8 Å². The van der Waals surface area contributed by atoms with Crippen molar-refractivity contribution >= 4 is 0 Å². The van der Waals surface area contributed by atoms with E-state index in [-0.39, 0.29) is 11.5 Å². The van der Waals surface area contributed by atoms with Crippen molar-refractivity contribution in [2.45, 2.75) is 103 Å². The van der Waals surface area contributed by atoms with Crippen LogP contribution in [-0.4, -0.2) is 11.2 Å². The molecule has 1 saturated carbocycles. The summed E-state index contributed by atoms with van der Waals surface area (Å²) >= 11 is 0. The summed E-state index contributed by atoms with van der Waals surface area (Å²) in [5.74, 6) is 1.92. The van der Waals surface area contributed by atoms with E-state index in [1.807, 2.05) is 6.07 Å². The zero-order chi connectivity index (χ0) is 22.3. The highest BCUT2D eigenvalue weighted by Gasteiger charge is 2.29. The lowest BCUT2D eigenvalue weighted by molar-refractivity contribution is 0.0937. The Bertz CT molecular complexity index is 786. The molecule has 1 N–H and O–H groups in total. The second-order valence-corrected chi connectivity index (χ2v) is 10.4. The van der Waals surface area contributed by atoms with Crippen LogP contribution in [0.4, 0.5) is 0 Å². The molecule has 2 nitrogen and oxygen atoms in total. The van der Waals surface area contributed by atoms with Gasteiger partial charge < -0.3 is 9.84 Å². The predicted octanol–water partition coefficient (Wildman–Crippen LogP) is 7.78. The minimum atomic E-state index is -0.203. The van der Waals surface area contributed by atoms with Gasteiger partial charge >= 0.3 is 0 Å². The molecule has 0 aromatic heterocycles. The number of hydrogen-bond donors (Lipinski definition) is 1. The van der Waals surface area contributed by atoms with E-state index in [0.717, 1.165) is 25.0 Å². The first-order valence-electron chi connectivity index (χ1n) is 12.4. The van der Waals surface area contributed by atoms with E-state index >= 15 is 0 Å². The molecule has 1 fully saturated rings. The maximum absolute atomic E-state index is 10.4. The second kappa shape index (κ2) is 11.2. The number of rotatable bonds is 10. The van der Waals surface area contributed by atoms with Crippen molar-refractivity contribution in [1.29, 1.82) is 0 Å². The summed E-state index contributed by atoms with van der Waals surface area (Å²) in [5.41, 5.74) is 3.96. The molecule has 0 radical (unpaired) electrons. The normalized spacial score (nSPS) is 21.8. The molecule has 0 bridgehead atoms. The molecule has 0 aliphatic heterocycles. The Hall–Kier alpha value is -1.80. The van der Waals surface area contributed by atoms with Gasteiger partial charge in [-0.2, -0.15) is 0 Å². The molecule has 2 aromatic rings. The van der Waals surface area contributed by atoms with Crippen LogP contribution in [0.2, 0.25) is 0 Å². The molecule has 0 spiro atoms. The van der Waals surface area contributed by atoms with Crippen molar-refractivity contribution < 1.29 is 9.84 Å². The van der Waals surface area contributed by atoms with Gasteiger partial charge in [0.2, 0.25) is 0 Å². The standard InChI is InChI=1S/C29H42O2/c1-5-6-7-11-16-29(3,4)25-14-15-27(24-17-22(2)18-26(30)19-24)28(20-25)31-21-23-12-9-8-10-13-23/h8-10,12-15,20,22,24,26,30H,5-7,11,16-19,21H2,1-4H3/t22-,24-,26-/m1/s1. The van der Waals surface area contributed by atoms with Crippen molar-refractivity contribution in [2.75, 3.05) is 0 Å². The van der Waals surface area contributed by atoms with Crippen LogP contribution < -0.4 is 4.74 Å². The highest BCUT2D eigenvalue weighted by Crippen LogP contribution is 2.42. The number of unbranched alkanes of at least 4 members (excludes halogenated alkanes) is 3. The third-order valence-corrected chi connectivity index (χ3v) is 7.05. The Kier molecular flexibility index (Phi) is 8.60. The third kappa shape index (κ3) is 6.84. The van der Waals surface area contributed by atoms with Crippen LogP contribution in [0.25, 0.3) is 0 Å². The molecule has 0 unspecified atom stereocenters. The summed E-state index contributed by atoms with van der Waals surface area (Å²) in [7, 11) is 0. The first-order valence-corrected chi connectivity index (χ1v) is 12.4. The Morgan fingerprint density at radius 2 is 1.74 bits per heavy atom. The Balaban J connectivity index is 1.83. The summed E-state index contributed by atoms with van der Waals surface area (Å²) in [6, 6.07) is 17.3. The summed E-state index contributed by atoms with van der Waals surface area (Å²) in [4.78, 5) is 0. The molecule has 0 heterocycles. The summed E-state index contributed by atoms with van der Waals surface area (Å²) in [6.07, 6.45) is 9.06. The Morgan fingerprint density at radius 3 is 2.45 bits per heavy atom. The van der Waals surface area contributed by atoms with Crippen LogP contribution in [0.5, 0.6) is 5.75 Å². The molecule has 2 aromatic carbocycles. The molecule has 2 heteroatoms. The maximum Gasteiger partial charge on any atom is 0.123 e. The highest BCUT2D eigenvalue weighted by atomic mass is 16.5. The van der Waals surface area contributed by atoms with Gasteiger partial charge in [0.05, 0.1) is 6.10 Å². The van der Waals surface area contributed by atoms with Gasteiger partial charge in [-0.15, -0.1) is 0 Å². The van der Waals surface area contributed by atoms with Gasteiger partial charge in [0.15, 0.2) is 0 Å². The third-order valence-electron chi connectivity index (χ3n) is 7.05. The lowest BCUT2D eigenvalue weighted by Crippen LogP contribution is -2.24. The summed E-state index contributed by atoms with van der Waals surface area (Å²) in [6.45, 7) is 9.83. The van der Waals surface area contributed by atoms with Gasteiger partial charge in [0, 0.05) is 0 Å². The van der Waals surface area contributed by atoms with Crippen molar-refractivity contribution in [3.8, 4) is 5.75 Å². The van der Waals surface area contributed by atoms with Gasteiger partial charge in [-0.25, -0.2) is 0 Å². The predicted molar refractivity (Wildman–Crippen MR) is 131 cm³/mol. The van der Waals surface area contributed by atoms with E-state index in [1.165, 1.54) is 48.8 Å². The molecule has 0 saturated heterocycles. The van der Waals surface area contributed by atoms with Crippen LogP contribution in [0.15, 0.2) is 48.5 Å². The van der Waals surface area contributed by atoms with Gasteiger partial charge in [-0.05, 0) is 65.7 Å². The maximum atomic E-state index is 10.4. The quantitative estimate of drug-likeness (QED) is 0.396. The van der Waals surface area contributed by atoms with Crippen LogP contribution in [0, 0.1) is 5.92 Å². The smallest absolute Gasteiger partial charge is 0.123 e. The van der Waals surface area contributed by atoms with E-state index in [4.69, 9.17) is 4.74 Å². The fourth-order valence-corrected chi connectivity index (χ4v) is 5.11.